The van der Waals surface area contributed by atoms with Crippen molar-refractivity contribution < 1.29 is 14.4 Å². The van der Waals surface area contributed by atoms with Gasteiger partial charge in [0.25, 0.3) is 0 Å². The number of ether oxygens (including phenoxy) is 2. The SMILES string of the molecule is CCC1(C)CN(c2nc(C)c([N+](=O)[O-])c(N3CCOC(C)(CC)C3)n2)CCO1. The summed E-state index contributed by atoms with van der Waals surface area (Å²) in [5.74, 6) is 0.922. The van der Waals surface area contributed by atoms with Crippen LogP contribution < -0.4 is 9.80 Å². The molecule has 2 fully saturated rings. The maximum atomic E-state index is 11.8. The highest BCUT2D eigenvalue weighted by Gasteiger charge is 2.37. The molecule has 0 spiro atoms. The van der Waals surface area contributed by atoms with E-state index in [1.54, 1.807) is 6.92 Å². The predicted octanol–water partition coefficient (Wildman–Crippen LogP) is 2.70. The maximum absolute atomic E-state index is 11.8. The third-order valence-corrected chi connectivity index (χ3v) is 5.96. The summed E-state index contributed by atoms with van der Waals surface area (Å²) in [6, 6.07) is 0. The van der Waals surface area contributed by atoms with Crippen molar-refractivity contribution in [2.45, 2.75) is 58.7 Å². The smallest absolute Gasteiger partial charge is 0.332 e. The lowest BCUT2D eigenvalue weighted by molar-refractivity contribution is -0.385. The molecule has 2 atom stereocenters. The van der Waals surface area contributed by atoms with E-state index in [0.29, 0.717) is 56.9 Å². The van der Waals surface area contributed by atoms with Crippen LogP contribution in [-0.4, -0.2) is 65.5 Å². The van der Waals surface area contributed by atoms with Gasteiger partial charge in [0.05, 0.1) is 29.3 Å². The molecular formula is C19H31N5O4. The molecule has 0 amide bonds. The Hall–Kier alpha value is -2.00. The second-order valence-corrected chi connectivity index (χ2v) is 8.19. The molecule has 3 rings (SSSR count). The Bertz CT molecular complexity index is 745. The molecular weight excluding hydrogens is 362 g/mol. The van der Waals surface area contributed by atoms with Crippen molar-refractivity contribution in [1.82, 2.24) is 9.97 Å². The van der Waals surface area contributed by atoms with Gasteiger partial charge in [0.15, 0.2) is 0 Å². The first-order valence-corrected chi connectivity index (χ1v) is 10.0. The second-order valence-electron chi connectivity index (χ2n) is 8.19. The Labute approximate surface area is 166 Å². The monoisotopic (exact) mass is 393 g/mol. The van der Waals surface area contributed by atoms with Crippen LogP contribution in [0.5, 0.6) is 0 Å². The minimum absolute atomic E-state index is 0.0179. The number of aryl methyl sites for hydroxylation is 1. The fourth-order valence-electron chi connectivity index (χ4n) is 3.75. The van der Waals surface area contributed by atoms with Gasteiger partial charge in [0.1, 0.15) is 5.69 Å². The highest BCUT2D eigenvalue weighted by molar-refractivity contribution is 5.63. The van der Waals surface area contributed by atoms with Gasteiger partial charge in [-0.05, 0) is 33.6 Å². The standard InChI is InChI=1S/C19H31N5O4/c1-6-18(4)12-22(8-10-27-18)16-15(24(25)26)14(3)20-17(21-16)23-9-11-28-19(5,7-2)13-23/h6-13H2,1-5H3. The number of nitro groups is 1. The van der Waals surface area contributed by atoms with E-state index in [-0.39, 0.29) is 21.8 Å². The van der Waals surface area contributed by atoms with Crippen LogP contribution in [0, 0.1) is 17.0 Å². The average molecular weight is 393 g/mol. The zero-order valence-electron chi connectivity index (χ0n) is 17.5. The van der Waals surface area contributed by atoms with E-state index in [9.17, 15) is 10.1 Å². The van der Waals surface area contributed by atoms with Crippen molar-refractivity contribution >= 4 is 17.5 Å². The van der Waals surface area contributed by atoms with Crippen molar-refractivity contribution in [3.05, 3.63) is 15.8 Å². The van der Waals surface area contributed by atoms with Gasteiger partial charge < -0.3 is 19.3 Å². The van der Waals surface area contributed by atoms with E-state index in [1.807, 2.05) is 11.8 Å². The van der Waals surface area contributed by atoms with Crippen molar-refractivity contribution in [3.63, 3.8) is 0 Å². The van der Waals surface area contributed by atoms with Crippen LogP contribution in [0.1, 0.15) is 46.2 Å². The lowest BCUT2D eigenvalue weighted by Gasteiger charge is -2.41. The largest absolute Gasteiger partial charge is 0.372 e. The molecule has 1 aromatic heterocycles. The third kappa shape index (κ3) is 4.05. The van der Waals surface area contributed by atoms with Crippen molar-refractivity contribution in [2.75, 3.05) is 49.2 Å². The number of anilines is 2. The molecule has 2 unspecified atom stereocenters. The Morgan fingerprint density at radius 2 is 1.57 bits per heavy atom. The second kappa shape index (κ2) is 7.79. The third-order valence-electron chi connectivity index (χ3n) is 5.96. The van der Waals surface area contributed by atoms with E-state index in [4.69, 9.17) is 9.47 Å². The highest BCUT2D eigenvalue weighted by atomic mass is 16.6. The Kier molecular flexibility index (Phi) is 5.77. The van der Waals surface area contributed by atoms with Crippen LogP contribution in [0.15, 0.2) is 0 Å². The maximum Gasteiger partial charge on any atom is 0.332 e. The summed E-state index contributed by atoms with van der Waals surface area (Å²) in [6.45, 7) is 13.5. The molecule has 0 radical (unpaired) electrons. The number of hydrogen-bond acceptors (Lipinski definition) is 8. The first-order valence-electron chi connectivity index (χ1n) is 10.0. The molecule has 0 N–H and O–H groups in total. The van der Waals surface area contributed by atoms with Gasteiger partial charge in [-0.25, -0.2) is 4.98 Å². The molecule has 28 heavy (non-hydrogen) atoms. The van der Waals surface area contributed by atoms with Gasteiger partial charge in [0, 0.05) is 26.2 Å². The Morgan fingerprint density at radius 3 is 2.11 bits per heavy atom. The van der Waals surface area contributed by atoms with Crippen LogP contribution in [0.3, 0.4) is 0 Å². The molecule has 0 aliphatic carbocycles. The summed E-state index contributed by atoms with van der Waals surface area (Å²) in [7, 11) is 0. The van der Waals surface area contributed by atoms with E-state index in [2.05, 4.69) is 35.6 Å². The molecule has 3 heterocycles. The summed E-state index contributed by atoms with van der Waals surface area (Å²) in [5, 5.41) is 11.8. The minimum Gasteiger partial charge on any atom is -0.372 e. The molecule has 9 nitrogen and oxygen atoms in total. The number of aromatic nitrogens is 2. The molecule has 2 aliphatic heterocycles. The fraction of sp³-hybridized carbons (Fsp3) is 0.789. The molecule has 0 saturated carbocycles. The average Bonchev–Trinajstić information content (AvgIpc) is 2.67. The lowest BCUT2D eigenvalue weighted by atomic mass is 10.0. The number of rotatable bonds is 5. The first-order chi connectivity index (χ1) is 13.2. The first kappa shape index (κ1) is 20.7. The zero-order valence-corrected chi connectivity index (χ0v) is 17.5. The van der Waals surface area contributed by atoms with Gasteiger partial charge in [-0.3, -0.25) is 10.1 Å². The summed E-state index contributed by atoms with van der Waals surface area (Å²) in [6.07, 6.45) is 1.70. The fourth-order valence-corrected chi connectivity index (χ4v) is 3.75. The van der Waals surface area contributed by atoms with E-state index < -0.39 is 0 Å². The van der Waals surface area contributed by atoms with Crippen LogP contribution in [0.25, 0.3) is 0 Å². The molecule has 2 aliphatic rings. The van der Waals surface area contributed by atoms with Crippen molar-refractivity contribution in [1.29, 1.82) is 0 Å². The molecule has 1 aromatic rings. The van der Waals surface area contributed by atoms with Crippen LogP contribution in [0.4, 0.5) is 17.5 Å². The minimum atomic E-state index is -0.372. The molecule has 2 saturated heterocycles. The quantitative estimate of drug-likeness (QED) is 0.557. The number of hydrogen-bond donors (Lipinski definition) is 0. The lowest BCUT2D eigenvalue weighted by Crippen LogP contribution is -2.51. The molecule has 0 aromatic carbocycles. The zero-order chi connectivity index (χ0) is 20.5. The van der Waals surface area contributed by atoms with Crippen molar-refractivity contribution in [3.8, 4) is 0 Å². The number of morpholine rings is 2. The van der Waals surface area contributed by atoms with E-state index in [1.165, 1.54) is 0 Å². The highest BCUT2D eigenvalue weighted by Crippen LogP contribution is 2.35. The Balaban J connectivity index is 2.00. The summed E-state index contributed by atoms with van der Waals surface area (Å²) in [5.41, 5.74) is -0.239. The van der Waals surface area contributed by atoms with E-state index in [0.717, 1.165) is 12.8 Å². The van der Waals surface area contributed by atoms with Gasteiger partial charge in [-0.2, -0.15) is 4.98 Å². The summed E-state index contributed by atoms with van der Waals surface area (Å²) in [4.78, 5) is 24.6. The topological polar surface area (TPSA) is 93.9 Å². The van der Waals surface area contributed by atoms with E-state index >= 15 is 0 Å². The van der Waals surface area contributed by atoms with Gasteiger partial charge in [-0.1, -0.05) is 13.8 Å². The molecule has 9 heteroatoms. The van der Waals surface area contributed by atoms with Crippen LogP contribution in [-0.2, 0) is 9.47 Å². The van der Waals surface area contributed by atoms with Crippen molar-refractivity contribution in [2.24, 2.45) is 0 Å². The van der Waals surface area contributed by atoms with Crippen LogP contribution >= 0.6 is 0 Å². The molecule has 156 valence electrons. The summed E-state index contributed by atoms with van der Waals surface area (Å²) < 4.78 is 11.8. The van der Waals surface area contributed by atoms with Gasteiger partial charge >= 0.3 is 5.69 Å². The van der Waals surface area contributed by atoms with Gasteiger partial charge in [-0.15, -0.1) is 0 Å². The number of nitrogens with zero attached hydrogens (tertiary/aromatic N) is 5. The normalized spacial score (nSPS) is 28.5. The van der Waals surface area contributed by atoms with Gasteiger partial charge in [0.2, 0.25) is 11.8 Å². The summed E-state index contributed by atoms with van der Waals surface area (Å²) >= 11 is 0. The molecule has 0 bridgehead atoms. The predicted molar refractivity (Wildman–Crippen MR) is 107 cm³/mol. The Morgan fingerprint density at radius 1 is 1.04 bits per heavy atom. The van der Waals surface area contributed by atoms with Crippen LogP contribution in [0.2, 0.25) is 0 Å².